The molecule has 3 atom stereocenters. The second-order valence-corrected chi connectivity index (χ2v) is 8.95. The number of rotatable bonds is 7. The number of piperidine rings is 1. The summed E-state index contributed by atoms with van der Waals surface area (Å²) in [7, 11) is 1.39. The quantitative estimate of drug-likeness (QED) is 0.486. The molecule has 9 nitrogen and oxygen atoms in total. The molecule has 3 aromatic rings. The summed E-state index contributed by atoms with van der Waals surface area (Å²) in [6, 6.07) is 5.28. The molecule has 2 fully saturated rings. The molecule has 2 N–H and O–H groups in total. The highest BCUT2D eigenvalue weighted by atomic mass is 19.4. The zero-order valence-corrected chi connectivity index (χ0v) is 19.2. The molecule has 0 radical (unpaired) electrons. The minimum atomic E-state index is -4.52. The monoisotopic (exact) mass is 492 g/mol. The number of benzene rings is 1. The van der Waals surface area contributed by atoms with Gasteiger partial charge in [-0.3, -0.25) is 4.90 Å². The number of aliphatic hydroxyl groups is 1. The van der Waals surface area contributed by atoms with Gasteiger partial charge in [0.1, 0.15) is 11.4 Å². The van der Waals surface area contributed by atoms with E-state index in [2.05, 4.69) is 25.5 Å². The van der Waals surface area contributed by atoms with Crippen LogP contribution in [0.2, 0.25) is 0 Å². The number of likely N-dealkylation sites (tertiary alicyclic amines) is 1. The van der Waals surface area contributed by atoms with Crippen LogP contribution in [0.5, 0.6) is 5.75 Å². The van der Waals surface area contributed by atoms with E-state index in [1.54, 1.807) is 16.8 Å². The number of aliphatic hydroxyl groups excluding tert-OH is 1. The third-order valence-electron chi connectivity index (χ3n) is 6.68. The fraction of sp³-hybridized carbons (Fsp3) is 0.522. The summed E-state index contributed by atoms with van der Waals surface area (Å²) in [4.78, 5) is 2.32. The van der Waals surface area contributed by atoms with Crippen molar-refractivity contribution in [2.24, 2.45) is 0 Å². The highest BCUT2D eigenvalue weighted by molar-refractivity contribution is 5.81. The van der Waals surface area contributed by atoms with E-state index in [1.165, 1.54) is 13.2 Å². The van der Waals surface area contributed by atoms with Crippen molar-refractivity contribution in [2.75, 3.05) is 32.3 Å². The Morgan fingerprint density at radius 1 is 1.17 bits per heavy atom. The van der Waals surface area contributed by atoms with Crippen LogP contribution in [0, 0.1) is 0 Å². The summed E-state index contributed by atoms with van der Waals surface area (Å²) in [6.45, 7) is 1.52. The Bertz CT molecular complexity index is 1190. The van der Waals surface area contributed by atoms with Crippen LogP contribution in [0.1, 0.15) is 31.2 Å². The van der Waals surface area contributed by atoms with E-state index in [1.807, 2.05) is 0 Å². The first-order chi connectivity index (χ1) is 16.8. The van der Waals surface area contributed by atoms with Crippen LogP contribution in [-0.2, 0) is 10.9 Å². The molecule has 2 unspecified atom stereocenters. The standard InChI is InChI=1S/C23H27F3N6O3/c1-34-13-35-20-11-14(23(24,25)26)4-5-16(20)21-18-8-9-27-32(18)22(30-29-21)28-15-3-2-10-31(12-15)17-6-7-19(17)33/h4-5,8-9,11,15,17,19,33H,2-3,6-7,10,12-13H2,1H3,(H,28,30)/t15-,17?,19?/m1/s1. The molecule has 188 valence electrons. The molecular formula is C23H27F3N6O3. The molecule has 2 aliphatic rings. The van der Waals surface area contributed by atoms with E-state index >= 15 is 0 Å². The molecule has 1 aliphatic carbocycles. The highest BCUT2D eigenvalue weighted by Crippen LogP contribution is 2.38. The largest absolute Gasteiger partial charge is 0.467 e. The van der Waals surface area contributed by atoms with E-state index in [-0.39, 0.29) is 30.7 Å². The van der Waals surface area contributed by atoms with Gasteiger partial charge >= 0.3 is 6.18 Å². The normalized spacial score (nSPS) is 23.3. The van der Waals surface area contributed by atoms with Crippen LogP contribution in [0.3, 0.4) is 0 Å². The highest BCUT2D eigenvalue weighted by Gasteiger charge is 2.36. The maximum Gasteiger partial charge on any atom is 0.416 e. The number of nitrogens with one attached hydrogen (secondary N) is 1. The van der Waals surface area contributed by atoms with Gasteiger partial charge in [0.05, 0.1) is 23.4 Å². The first-order valence-electron chi connectivity index (χ1n) is 11.6. The number of methoxy groups -OCH3 is 1. The predicted molar refractivity (Wildman–Crippen MR) is 121 cm³/mol. The van der Waals surface area contributed by atoms with Crippen molar-refractivity contribution < 1.29 is 27.8 Å². The summed E-state index contributed by atoms with van der Waals surface area (Å²) in [5.41, 5.74) is 0.436. The first kappa shape index (κ1) is 23.8. The number of nitrogens with zero attached hydrogens (tertiary/aromatic N) is 5. The maximum atomic E-state index is 13.3. The number of halogens is 3. The molecule has 1 aromatic carbocycles. The Morgan fingerprint density at radius 2 is 2.03 bits per heavy atom. The van der Waals surface area contributed by atoms with Crippen molar-refractivity contribution >= 4 is 11.5 Å². The molecule has 1 aliphatic heterocycles. The van der Waals surface area contributed by atoms with Crippen molar-refractivity contribution in [2.45, 2.75) is 50.0 Å². The fourth-order valence-corrected chi connectivity index (χ4v) is 4.76. The predicted octanol–water partition coefficient (Wildman–Crippen LogP) is 3.19. The average Bonchev–Trinajstić information content (AvgIpc) is 3.32. The van der Waals surface area contributed by atoms with Crippen LogP contribution in [0.15, 0.2) is 30.5 Å². The van der Waals surface area contributed by atoms with E-state index in [0.29, 0.717) is 22.7 Å². The second kappa shape index (κ2) is 9.59. The zero-order valence-electron chi connectivity index (χ0n) is 19.2. The van der Waals surface area contributed by atoms with Crippen molar-refractivity contribution in [3.8, 4) is 17.0 Å². The number of alkyl halides is 3. The van der Waals surface area contributed by atoms with Gasteiger partial charge < -0.3 is 19.9 Å². The van der Waals surface area contributed by atoms with Crippen LogP contribution < -0.4 is 10.1 Å². The molecule has 1 saturated heterocycles. The number of anilines is 1. The lowest BCUT2D eigenvalue weighted by atomic mass is 9.86. The van der Waals surface area contributed by atoms with E-state index in [4.69, 9.17) is 9.47 Å². The summed E-state index contributed by atoms with van der Waals surface area (Å²) < 4.78 is 51.8. The second-order valence-electron chi connectivity index (χ2n) is 8.95. The molecule has 0 spiro atoms. The SMILES string of the molecule is COCOc1cc(C(F)(F)F)ccc1-c1nnc(N[C@@H]2CCCN(C3CCC3O)C2)n2nccc12. The molecule has 35 heavy (non-hydrogen) atoms. The van der Waals surface area contributed by atoms with E-state index in [9.17, 15) is 18.3 Å². The molecule has 1 saturated carbocycles. The lowest BCUT2D eigenvalue weighted by Crippen LogP contribution is -2.55. The zero-order chi connectivity index (χ0) is 24.6. The number of hydrogen-bond donors (Lipinski definition) is 2. The third-order valence-corrected chi connectivity index (χ3v) is 6.68. The third kappa shape index (κ3) is 4.78. The van der Waals surface area contributed by atoms with Gasteiger partial charge in [-0.05, 0) is 56.5 Å². The topological polar surface area (TPSA) is 97.0 Å². The van der Waals surface area contributed by atoms with Gasteiger partial charge in [-0.2, -0.15) is 22.8 Å². The van der Waals surface area contributed by atoms with Gasteiger partial charge in [0, 0.05) is 31.3 Å². The van der Waals surface area contributed by atoms with Gasteiger partial charge in [-0.1, -0.05) is 0 Å². The molecule has 12 heteroatoms. The van der Waals surface area contributed by atoms with Gasteiger partial charge in [-0.15, -0.1) is 10.2 Å². The molecule has 3 heterocycles. The van der Waals surface area contributed by atoms with Crippen LogP contribution in [0.4, 0.5) is 19.1 Å². The molecule has 5 rings (SSSR count). The maximum absolute atomic E-state index is 13.3. The number of hydrogen-bond acceptors (Lipinski definition) is 8. The Labute approximate surface area is 199 Å². The van der Waals surface area contributed by atoms with E-state index < -0.39 is 11.7 Å². The van der Waals surface area contributed by atoms with Gasteiger partial charge in [0.25, 0.3) is 0 Å². The number of ether oxygens (including phenoxy) is 2. The number of fused-ring (bicyclic) bond motifs is 1. The van der Waals surface area contributed by atoms with Crippen LogP contribution in [-0.4, -0.2) is 75.0 Å². The molecule has 0 amide bonds. The first-order valence-corrected chi connectivity index (χ1v) is 11.6. The molecular weight excluding hydrogens is 465 g/mol. The molecule has 0 bridgehead atoms. The smallest absolute Gasteiger partial charge is 0.416 e. The summed E-state index contributed by atoms with van der Waals surface area (Å²) in [5.74, 6) is 0.433. The van der Waals surface area contributed by atoms with Crippen LogP contribution in [0.25, 0.3) is 16.8 Å². The molecule has 2 aromatic heterocycles. The van der Waals surface area contributed by atoms with Crippen molar-refractivity contribution in [3.63, 3.8) is 0 Å². The summed E-state index contributed by atoms with van der Waals surface area (Å²) in [6.07, 6.45) is 0.611. The Morgan fingerprint density at radius 3 is 2.74 bits per heavy atom. The van der Waals surface area contributed by atoms with Gasteiger partial charge in [0.2, 0.25) is 5.95 Å². The lowest BCUT2D eigenvalue weighted by molar-refractivity contribution is -0.137. The Balaban J connectivity index is 1.43. The minimum Gasteiger partial charge on any atom is -0.467 e. The van der Waals surface area contributed by atoms with Gasteiger partial charge in [-0.25, -0.2) is 0 Å². The summed E-state index contributed by atoms with van der Waals surface area (Å²) >= 11 is 0. The van der Waals surface area contributed by atoms with Gasteiger partial charge in [0.15, 0.2) is 6.79 Å². The van der Waals surface area contributed by atoms with Crippen molar-refractivity contribution in [1.82, 2.24) is 24.7 Å². The van der Waals surface area contributed by atoms with E-state index in [0.717, 1.165) is 50.9 Å². The Kier molecular flexibility index (Phi) is 6.51. The summed E-state index contributed by atoms with van der Waals surface area (Å²) in [5, 5.41) is 26.5. The van der Waals surface area contributed by atoms with Crippen molar-refractivity contribution in [3.05, 3.63) is 36.0 Å². The van der Waals surface area contributed by atoms with Crippen LogP contribution >= 0.6 is 0 Å². The lowest BCUT2D eigenvalue weighted by Gasteiger charge is -2.45. The average molecular weight is 493 g/mol. The minimum absolute atomic E-state index is 0.0123. The Hall–Kier alpha value is -2.96. The van der Waals surface area contributed by atoms with Crippen molar-refractivity contribution in [1.29, 1.82) is 0 Å². The fourth-order valence-electron chi connectivity index (χ4n) is 4.76. The number of aromatic nitrogens is 4.